The number of fused-ring (bicyclic) bond motifs is 2. The number of aryl methyl sites for hydroxylation is 1. The Balaban J connectivity index is 1.18. The first-order valence-electron chi connectivity index (χ1n) is 13.7. The number of nitrogens with zero attached hydrogens (tertiary/aromatic N) is 2. The largest absolute Gasteiger partial charge is 0.490 e. The van der Waals surface area contributed by atoms with E-state index >= 15 is 0 Å². The van der Waals surface area contributed by atoms with Crippen LogP contribution in [0.25, 0.3) is 22.0 Å². The number of benzene rings is 2. The Kier molecular flexibility index (Phi) is 6.68. The molecule has 1 amide bonds. The predicted octanol–water partition coefficient (Wildman–Crippen LogP) is 5.82. The van der Waals surface area contributed by atoms with Gasteiger partial charge in [0.2, 0.25) is 5.91 Å². The normalized spacial score (nSPS) is 15.7. The Labute approximate surface area is 234 Å². The Morgan fingerprint density at radius 1 is 1.07 bits per heavy atom. The van der Waals surface area contributed by atoms with E-state index in [9.17, 15) is 4.79 Å². The second-order valence-corrected chi connectivity index (χ2v) is 11.5. The second-order valence-electron chi connectivity index (χ2n) is 11.5. The monoisotopic (exact) mass is 533 g/mol. The number of rotatable bonds is 9. The van der Waals surface area contributed by atoms with Crippen LogP contribution in [0.4, 0.5) is 5.69 Å². The number of carbonyl (C=O) groups is 1. The lowest BCUT2D eigenvalue weighted by Gasteiger charge is -2.31. The maximum Gasteiger partial charge on any atom is 0.232 e. The fourth-order valence-corrected chi connectivity index (χ4v) is 5.97. The second kappa shape index (κ2) is 10.3. The molecule has 0 spiro atoms. The minimum Gasteiger partial charge on any atom is -0.490 e. The molecule has 4 heterocycles. The molecule has 1 aliphatic heterocycles. The Morgan fingerprint density at radius 3 is 2.75 bits per heavy atom. The van der Waals surface area contributed by atoms with Crippen LogP contribution in [0.2, 0.25) is 0 Å². The van der Waals surface area contributed by atoms with Gasteiger partial charge < -0.3 is 25.3 Å². The van der Waals surface area contributed by atoms with E-state index in [1.165, 1.54) is 16.6 Å². The van der Waals surface area contributed by atoms with Gasteiger partial charge >= 0.3 is 0 Å². The number of amides is 1. The molecule has 0 radical (unpaired) electrons. The molecule has 0 saturated heterocycles. The van der Waals surface area contributed by atoms with Crippen LogP contribution in [-0.4, -0.2) is 33.1 Å². The van der Waals surface area contributed by atoms with Gasteiger partial charge in [-0.25, -0.2) is 0 Å². The third-order valence-electron chi connectivity index (χ3n) is 8.02. The summed E-state index contributed by atoms with van der Waals surface area (Å²) >= 11 is 0. The van der Waals surface area contributed by atoms with Gasteiger partial charge in [0.15, 0.2) is 0 Å². The molecule has 4 N–H and O–H groups in total. The highest BCUT2D eigenvalue weighted by molar-refractivity contribution is 6.04. The summed E-state index contributed by atoms with van der Waals surface area (Å²) in [5.41, 5.74) is 13.5. The van der Waals surface area contributed by atoms with Crippen molar-refractivity contribution in [2.45, 2.75) is 38.6 Å². The SMILES string of the molecule is Cn1cccc1CC(C)(C)C1C(=O)Nc2ccc(-c3cncc(OC[C@@H](N)Cc4c[nH]c5ccccc45)c3)cc21. The predicted molar refractivity (Wildman–Crippen MR) is 159 cm³/mol. The van der Waals surface area contributed by atoms with Crippen molar-refractivity contribution in [1.29, 1.82) is 0 Å². The van der Waals surface area contributed by atoms with Crippen LogP contribution >= 0.6 is 0 Å². The molecule has 2 aromatic carbocycles. The van der Waals surface area contributed by atoms with Crippen LogP contribution in [0.1, 0.15) is 36.6 Å². The van der Waals surface area contributed by atoms with Gasteiger partial charge in [-0.2, -0.15) is 0 Å². The quantitative estimate of drug-likeness (QED) is 0.222. The minimum atomic E-state index is -0.274. The van der Waals surface area contributed by atoms with Gasteiger partial charge in [0, 0.05) is 59.5 Å². The number of aromatic nitrogens is 3. The minimum absolute atomic E-state index is 0.0470. The first-order valence-corrected chi connectivity index (χ1v) is 13.7. The van der Waals surface area contributed by atoms with Gasteiger partial charge in [-0.05, 0) is 71.3 Å². The molecule has 5 aromatic rings. The Morgan fingerprint density at radius 2 is 1.93 bits per heavy atom. The van der Waals surface area contributed by atoms with E-state index in [0.29, 0.717) is 18.8 Å². The van der Waals surface area contributed by atoms with Crippen molar-refractivity contribution in [1.82, 2.24) is 14.5 Å². The molecular formula is C33H35N5O2. The molecule has 1 unspecified atom stereocenters. The lowest BCUT2D eigenvalue weighted by Crippen LogP contribution is -2.30. The molecule has 7 heteroatoms. The van der Waals surface area contributed by atoms with E-state index in [1.54, 1.807) is 6.20 Å². The number of anilines is 1. The van der Waals surface area contributed by atoms with Crippen LogP contribution < -0.4 is 15.8 Å². The average molecular weight is 534 g/mol. The van der Waals surface area contributed by atoms with Crippen LogP contribution in [0, 0.1) is 5.41 Å². The van der Waals surface area contributed by atoms with E-state index in [0.717, 1.165) is 34.3 Å². The van der Waals surface area contributed by atoms with Crippen molar-refractivity contribution >= 4 is 22.5 Å². The molecule has 0 bridgehead atoms. The van der Waals surface area contributed by atoms with Crippen molar-refractivity contribution in [3.63, 3.8) is 0 Å². The maximum atomic E-state index is 13.2. The van der Waals surface area contributed by atoms with E-state index in [-0.39, 0.29) is 23.3 Å². The van der Waals surface area contributed by atoms with E-state index < -0.39 is 0 Å². The smallest absolute Gasteiger partial charge is 0.232 e. The molecule has 6 rings (SSSR count). The summed E-state index contributed by atoms with van der Waals surface area (Å²) in [6, 6.07) is 20.4. The van der Waals surface area contributed by atoms with Crippen LogP contribution in [0.3, 0.4) is 0 Å². The zero-order valence-electron chi connectivity index (χ0n) is 23.1. The van der Waals surface area contributed by atoms with Crippen LogP contribution in [0.15, 0.2) is 85.5 Å². The van der Waals surface area contributed by atoms with Crippen molar-refractivity contribution in [2.24, 2.45) is 18.2 Å². The van der Waals surface area contributed by atoms with Gasteiger partial charge in [-0.3, -0.25) is 9.78 Å². The van der Waals surface area contributed by atoms with Gasteiger partial charge in [0.05, 0.1) is 12.1 Å². The standard InChI is InChI=1S/C33H35N5O2/c1-33(2,16-25-7-6-12-38(25)3)31-28-15-21(10-11-30(28)37-32(31)39)22-14-26(19-35-17-22)40-20-24(34)13-23-18-36-29-9-5-4-8-27(23)29/h4-12,14-15,17-19,24,31,36H,13,16,20,34H2,1-3H3,(H,37,39)/t24-,31?/m0/s1. The first kappa shape index (κ1) is 25.9. The van der Waals surface area contributed by atoms with Crippen molar-refractivity contribution in [2.75, 3.05) is 11.9 Å². The molecule has 0 fully saturated rings. The molecule has 204 valence electrons. The summed E-state index contributed by atoms with van der Waals surface area (Å²) in [5.74, 6) is 0.458. The van der Waals surface area contributed by atoms with E-state index in [2.05, 4.69) is 58.0 Å². The average Bonchev–Trinajstić information content (AvgIpc) is 3.63. The van der Waals surface area contributed by atoms with Crippen molar-refractivity contribution in [3.8, 4) is 16.9 Å². The Hall–Kier alpha value is -4.36. The third-order valence-corrected chi connectivity index (χ3v) is 8.02. The summed E-state index contributed by atoms with van der Waals surface area (Å²) in [4.78, 5) is 20.9. The highest BCUT2D eigenvalue weighted by Crippen LogP contribution is 2.47. The summed E-state index contributed by atoms with van der Waals surface area (Å²) in [6.45, 7) is 4.71. The zero-order chi connectivity index (χ0) is 27.9. The molecule has 3 aromatic heterocycles. The van der Waals surface area contributed by atoms with E-state index in [1.807, 2.05) is 62.0 Å². The number of nitrogens with one attached hydrogen (secondary N) is 2. The Bertz CT molecular complexity index is 1680. The number of hydrogen-bond acceptors (Lipinski definition) is 4. The maximum absolute atomic E-state index is 13.2. The van der Waals surface area contributed by atoms with Crippen LogP contribution in [0.5, 0.6) is 5.75 Å². The number of H-pyrrole nitrogens is 1. The molecule has 0 aliphatic carbocycles. The lowest BCUT2D eigenvalue weighted by molar-refractivity contribution is -0.119. The number of nitrogens with two attached hydrogens (primary N) is 1. The number of aromatic amines is 1. The number of ether oxygens (including phenoxy) is 1. The van der Waals surface area contributed by atoms with Gasteiger partial charge in [-0.1, -0.05) is 38.1 Å². The third kappa shape index (κ3) is 5.00. The summed E-state index contributed by atoms with van der Waals surface area (Å²) in [7, 11) is 2.05. The molecule has 0 saturated carbocycles. The number of pyridine rings is 1. The topological polar surface area (TPSA) is 98.0 Å². The molecule has 7 nitrogen and oxygen atoms in total. The van der Waals surface area contributed by atoms with E-state index in [4.69, 9.17) is 10.5 Å². The fraction of sp³-hybridized carbons (Fsp3) is 0.273. The summed E-state index contributed by atoms with van der Waals surface area (Å²) < 4.78 is 8.20. The molecule has 2 atom stereocenters. The molecule has 40 heavy (non-hydrogen) atoms. The fourth-order valence-electron chi connectivity index (χ4n) is 5.97. The number of hydrogen-bond donors (Lipinski definition) is 3. The highest BCUT2D eigenvalue weighted by atomic mass is 16.5. The van der Waals surface area contributed by atoms with Crippen molar-refractivity contribution < 1.29 is 9.53 Å². The van der Waals surface area contributed by atoms with Crippen molar-refractivity contribution in [3.05, 3.63) is 102 Å². The van der Waals surface area contributed by atoms with Gasteiger partial charge in [-0.15, -0.1) is 0 Å². The molecule has 1 aliphatic rings. The van der Waals surface area contributed by atoms with Crippen LogP contribution in [-0.2, 0) is 24.7 Å². The molecular weight excluding hydrogens is 498 g/mol. The number of carbonyl (C=O) groups excluding carboxylic acids is 1. The summed E-state index contributed by atoms with van der Waals surface area (Å²) in [5, 5.41) is 4.29. The van der Waals surface area contributed by atoms with Gasteiger partial charge in [0.25, 0.3) is 0 Å². The first-order chi connectivity index (χ1) is 19.3. The van der Waals surface area contributed by atoms with Gasteiger partial charge in [0.1, 0.15) is 12.4 Å². The lowest BCUT2D eigenvalue weighted by atomic mass is 9.72. The highest BCUT2D eigenvalue weighted by Gasteiger charge is 2.42. The summed E-state index contributed by atoms with van der Waals surface area (Å²) in [6.07, 6.45) is 9.11. The zero-order valence-corrected chi connectivity index (χ0v) is 23.1. The number of para-hydroxylation sites is 1.